The SMILES string of the molecule is COc1ccccc1Cc1csc(CNC(=O)[C@H](O)C(O)C(=O)N2CCCC2c2ccccc2)n1. The quantitative estimate of drug-likeness (QED) is 0.421. The first kappa shape index (κ1) is 24.8. The number of aliphatic hydroxyl groups excluding tert-OH is 2. The van der Waals surface area contributed by atoms with Crippen LogP contribution in [-0.4, -0.2) is 57.8 Å². The van der Waals surface area contributed by atoms with Crippen LogP contribution >= 0.6 is 11.3 Å². The third kappa shape index (κ3) is 5.87. The van der Waals surface area contributed by atoms with Gasteiger partial charge in [-0.2, -0.15) is 0 Å². The van der Waals surface area contributed by atoms with Crippen molar-refractivity contribution in [3.05, 3.63) is 81.8 Å². The number of ether oxygens (including phenoxy) is 1. The standard InChI is InChI=1S/C26H29N3O5S/c1-34-21-12-6-5-10-18(21)14-19-16-35-22(28-19)15-27-25(32)23(30)24(31)26(33)29-13-7-11-20(29)17-8-3-2-4-9-17/h2-6,8-10,12,16,20,23-24,30-31H,7,11,13-15H2,1H3,(H,27,32)/t20?,23-,24?/m1/s1. The van der Waals surface area contributed by atoms with Crippen LogP contribution in [0, 0.1) is 0 Å². The molecule has 1 aliphatic heterocycles. The second-order valence-electron chi connectivity index (χ2n) is 8.43. The lowest BCUT2D eigenvalue weighted by Crippen LogP contribution is -2.50. The Balaban J connectivity index is 1.32. The second kappa shape index (κ2) is 11.4. The van der Waals surface area contributed by atoms with Crippen LogP contribution in [0.1, 0.15) is 40.7 Å². The fraction of sp³-hybridized carbons (Fsp3) is 0.346. The van der Waals surface area contributed by atoms with Crippen molar-refractivity contribution in [2.45, 2.75) is 44.1 Å². The van der Waals surface area contributed by atoms with Crippen molar-refractivity contribution in [1.82, 2.24) is 15.2 Å². The summed E-state index contributed by atoms with van der Waals surface area (Å²) < 4.78 is 5.38. The number of carbonyl (C=O) groups is 2. The molecule has 1 aromatic heterocycles. The minimum atomic E-state index is -1.87. The Bertz CT molecular complexity index is 1150. The molecule has 2 heterocycles. The number of amides is 2. The van der Waals surface area contributed by atoms with E-state index in [1.165, 1.54) is 11.3 Å². The Morgan fingerprint density at radius 3 is 2.66 bits per heavy atom. The maximum Gasteiger partial charge on any atom is 0.255 e. The molecule has 0 aliphatic carbocycles. The molecule has 0 radical (unpaired) electrons. The molecule has 1 saturated heterocycles. The molecule has 0 bridgehead atoms. The van der Waals surface area contributed by atoms with Gasteiger partial charge in [0.2, 0.25) is 0 Å². The molecule has 9 heteroatoms. The number of aliphatic hydroxyl groups is 2. The number of likely N-dealkylation sites (tertiary alicyclic amines) is 1. The number of para-hydroxylation sites is 1. The van der Waals surface area contributed by atoms with Crippen LogP contribution in [0.3, 0.4) is 0 Å². The number of carbonyl (C=O) groups excluding carboxylic acids is 2. The topological polar surface area (TPSA) is 112 Å². The zero-order chi connectivity index (χ0) is 24.8. The van der Waals surface area contributed by atoms with Crippen LogP contribution in [0.15, 0.2) is 60.0 Å². The largest absolute Gasteiger partial charge is 0.496 e. The predicted octanol–water partition coefficient (Wildman–Crippen LogP) is 2.44. The minimum Gasteiger partial charge on any atom is -0.496 e. The number of methoxy groups -OCH3 is 1. The van der Waals surface area contributed by atoms with E-state index in [1.807, 2.05) is 60.0 Å². The third-order valence-electron chi connectivity index (χ3n) is 6.12. The van der Waals surface area contributed by atoms with Gasteiger partial charge < -0.3 is 25.2 Å². The smallest absolute Gasteiger partial charge is 0.255 e. The monoisotopic (exact) mass is 495 g/mol. The van der Waals surface area contributed by atoms with Crippen LogP contribution in [0.2, 0.25) is 0 Å². The van der Waals surface area contributed by atoms with Gasteiger partial charge in [0.25, 0.3) is 11.8 Å². The van der Waals surface area contributed by atoms with E-state index < -0.39 is 24.0 Å². The highest BCUT2D eigenvalue weighted by atomic mass is 32.1. The van der Waals surface area contributed by atoms with Crippen molar-refractivity contribution in [3.8, 4) is 5.75 Å². The molecule has 3 aromatic rings. The maximum absolute atomic E-state index is 12.9. The molecular formula is C26H29N3O5S. The highest BCUT2D eigenvalue weighted by Gasteiger charge is 2.38. The molecule has 2 amide bonds. The summed E-state index contributed by atoms with van der Waals surface area (Å²) in [6.45, 7) is 0.557. The molecule has 2 aromatic carbocycles. The molecule has 184 valence electrons. The maximum atomic E-state index is 12.9. The lowest BCUT2D eigenvalue weighted by atomic mass is 10.0. The number of thiazole rings is 1. The van der Waals surface area contributed by atoms with Gasteiger partial charge >= 0.3 is 0 Å². The van der Waals surface area contributed by atoms with Crippen LogP contribution in [-0.2, 0) is 22.6 Å². The molecule has 3 N–H and O–H groups in total. The first-order chi connectivity index (χ1) is 17.0. The highest BCUT2D eigenvalue weighted by molar-refractivity contribution is 7.09. The Kier molecular flexibility index (Phi) is 8.12. The van der Waals surface area contributed by atoms with Crippen LogP contribution in [0.25, 0.3) is 0 Å². The summed E-state index contributed by atoms with van der Waals surface area (Å²) >= 11 is 1.38. The summed E-state index contributed by atoms with van der Waals surface area (Å²) in [5.41, 5.74) is 2.81. The van der Waals surface area contributed by atoms with E-state index in [9.17, 15) is 19.8 Å². The molecule has 35 heavy (non-hydrogen) atoms. The molecule has 8 nitrogen and oxygen atoms in total. The van der Waals surface area contributed by atoms with Gasteiger partial charge in [-0.3, -0.25) is 9.59 Å². The van der Waals surface area contributed by atoms with Gasteiger partial charge in [0.05, 0.1) is 25.4 Å². The van der Waals surface area contributed by atoms with Gasteiger partial charge in [0.1, 0.15) is 10.8 Å². The first-order valence-corrected chi connectivity index (χ1v) is 12.4. The normalized spacial score (nSPS) is 17.1. The number of aromatic nitrogens is 1. The molecular weight excluding hydrogens is 466 g/mol. The van der Waals surface area contributed by atoms with E-state index in [4.69, 9.17) is 4.74 Å². The Labute approximate surface area is 208 Å². The van der Waals surface area contributed by atoms with Crippen molar-refractivity contribution in [1.29, 1.82) is 0 Å². The number of benzene rings is 2. The van der Waals surface area contributed by atoms with Crippen molar-refractivity contribution in [2.24, 2.45) is 0 Å². The van der Waals surface area contributed by atoms with E-state index in [1.54, 1.807) is 12.0 Å². The molecule has 2 unspecified atom stereocenters. The predicted molar refractivity (Wildman–Crippen MR) is 132 cm³/mol. The molecule has 1 fully saturated rings. The second-order valence-corrected chi connectivity index (χ2v) is 9.37. The van der Waals surface area contributed by atoms with Crippen molar-refractivity contribution < 1.29 is 24.5 Å². The lowest BCUT2D eigenvalue weighted by Gasteiger charge is -2.28. The van der Waals surface area contributed by atoms with Crippen LogP contribution in [0.4, 0.5) is 0 Å². The zero-order valence-electron chi connectivity index (χ0n) is 19.5. The van der Waals surface area contributed by atoms with Crippen LogP contribution in [0.5, 0.6) is 5.75 Å². The fourth-order valence-electron chi connectivity index (χ4n) is 4.32. The summed E-state index contributed by atoms with van der Waals surface area (Å²) in [6.07, 6.45) is -1.56. The van der Waals surface area contributed by atoms with E-state index in [-0.39, 0.29) is 12.6 Å². The Hall–Kier alpha value is -3.27. The molecule has 0 saturated carbocycles. The Morgan fingerprint density at radius 1 is 1.14 bits per heavy atom. The summed E-state index contributed by atoms with van der Waals surface area (Å²) in [5.74, 6) is -0.681. The fourth-order valence-corrected chi connectivity index (χ4v) is 5.06. The lowest BCUT2D eigenvalue weighted by molar-refractivity contribution is -0.153. The number of nitrogens with one attached hydrogen (secondary N) is 1. The van der Waals surface area contributed by atoms with Gasteiger partial charge in [-0.05, 0) is 24.5 Å². The van der Waals surface area contributed by atoms with Crippen molar-refractivity contribution in [3.63, 3.8) is 0 Å². The number of hydrogen-bond donors (Lipinski definition) is 3. The molecule has 4 rings (SSSR count). The zero-order valence-corrected chi connectivity index (χ0v) is 20.3. The van der Waals surface area contributed by atoms with Gasteiger partial charge in [-0.1, -0.05) is 48.5 Å². The summed E-state index contributed by atoms with van der Waals surface area (Å²) in [7, 11) is 1.62. The molecule has 1 aliphatic rings. The minimum absolute atomic E-state index is 0.0871. The Morgan fingerprint density at radius 2 is 1.89 bits per heavy atom. The highest BCUT2D eigenvalue weighted by Crippen LogP contribution is 2.32. The van der Waals surface area contributed by atoms with E-state index in [2.05, 4.69) is 10.3 Å². The van der Waals surface area contributed by atoms with Gasteiger partial charge in [0.15, 0.2) is 12.2 Å². The average molecular weight is 496 g/mol. The number of hydrogen-bond acceptors (Lipinski definition) is 7. The average Bonchev–Trinajstić information content (AvgIpc) is 3.56. The van der Waals surface area contributed by atoms with Crippen molar-refractivity contribution in [2.75, 3.05) is 13.7 Å². The van der Waals surface area contributed by atoms with E-state index >= 15 is 0 Å². The number of rotatable bonds is 9. The number of nitrogens with zero attached hydrogens (tertiary/aromatic N) is 2. The van der Waals surface area contributed by atoms with Gasteiger partial charge in [-0.25, -0.2) is 4.98 Å². The third-order valence-corrected chi connectivity index (χ3v) is 7.02. The first-order valence-electron chi connectivity index (χ1n) is 11.5. The van der Waals surface area contributed by atoms with E-state index in [0.717, 1.165) is 35.4 Å². The summed E-state index contributed by atoms with van der Waals surface area (Å²) in [4.78, 5) is 31.4. The summed E-state index contributed by atoms with van der Waals surface area (Å²) in [6, 6.07) is 17.1. The molecule has 0 spiro atoms. The van der Waals surface area contributed by atoms with Gasteiger partial charge in [-0.15, -0.1) is 11.3 Å². The molecule has 3 atom stereocenters. The van der Waals surface area contributed by atoms with Crippen molar-refractivity contribution >= 4 is 23.2 Å². The van der Waals surface area contributed by atoms with E-state index in [0.29, 0.717) is 18.0 Å². The van der Waals surface area contributed by atoms with Crippen LogP contribution < -0.4 is 10.1 Å². The van der Waals surface area contributed by atoms with Gasteiger partial charge in [0, 0.05) is 23.9 Å². The summed E-state index contributed by atoms with van der Waals surface area (Å²) in [5, 5.41) is 26.0.